The van der Waals surface area contributed by atoms with Crippen molar-refractivity contribution in [1.29, 1.82) is 0 Å². The van der Waals surface area contributed by atoms with Gasteiger partial charge in [-0.05, 0) is 5.56 Å². The second kappa shape index (κ2) is 5.07. The summed E-state index contributed by atoms with van der Waals surface area (Å²) in [6, 6.07) is 8.23. The molecule has 1 unspecified atom stereocenters. The van der Waals surface area contributed by atoms with Crippen molar-refractivity contribution < 1.29 is 21.6 Å². The Kier molecular flexibility index (Phi) is 3.80. The largest absolute Gasteiger partial charge is 0.383 e. The van der Waals surface area contributed by atoms with Gasteiger partial charge in [-0.25, -0.2) is 16.8 Å². The van der Waals surface area contributed by atoms with Crippen LogP contribution in [0.3, 0.4) is 0 Å². The molecule has 0 spiro atoms. The summed E-state index contributed by atoms with van der Waals surface area (Å²) < 4.78 is 53.2. The molecule has 2 rings (SSSR count). The summed E-state index contributed by atoms with van der Waals surface area (Å²) >= 11 is 0. The molecule has 0 saturated carbocycles. The fourth-order valence-corrected chi connectivity index (χ4v) is 6.43. The van der Waals surface area contributed by atoms with Crippen LogP contribution in [-0.4, -0.2) is 41.6 Å². The van der Waals surface area contributed by atoms with Crippen LogP contribution < -0.4 is 0 Å². The van der Waals surface area contributed by atoms with E-state index in [2.05, 4.69) is 0 Å². The molecular weight excluding hydrogens is 288 g/mol. The number of ether oxygens (including phenoxy) is 1. The van der Waals surface area contributed by atoms with Crippen LogP contribution in [0.4, 0.5) is 0 Å². The van der Waals surface area contributed by atoms with Crippen LogP contribution >= 0.6 is 0 Å². The third kappa shape index (κ3) is 2.88. The Morgan fingerprint density at radius 1 is 1.16 bits per heavy atom. The first kappa shape index (κ1) is 14.2. The van der Waals surface area contributed by atoms with Crippen molar-refractivity contribution in [1.82, 2.24) is 0 Å². The number of hydrogen-bond acceptors (Lipinski definition) is 5. The van der Waals surface area contributed by atoms with Crippen LogP contribution in [-0.2, 0) is 24.4 Å². The molecule has 1 aliphatic heterocycles. The zero-order chi connectivity index (χ0) is 14.1. The zero-order valence-electron chi connectivity index (χ0n) is 10.3. The highest BCUT2D eigenvalue weighted by atomic mass is 32.2. The van der Waals surface area contributed by atoms with Crippen molar-refractivity contribution in [2.24, 2.45) is 0 Å². The van der Waals surface area contributed by atoms with Gasteiger partial charge in [0.25, 0.3) is 0 Å². The maximum absolute atomic E-state index is 12.2. The molecule has 5 nitrogen and oxygen atoms in total. The first-order chi connectivity index (χ1) is 8.87. The molecule has 1 aromatic rings. The van der Waals surface area contributed by atoms with Crippen molar-refractivity contribution in [3.05, 3.63) is 41.3 Å². The lowest BCUT2D eigenvalue weighted by Gasteiger charge is -2.21. The first-order valence-electron chi connectivity index (χ1n) is 5.59. The quantitative estimate of drug-likeness (QED) is 0.827. The fourth-order valence-electron chi connectivity index (χ4n) is 1.93. The Hall–Kier alpha value is -1.18. The van der Waals surface area contributed by atoms with Gasteiger partial charge in [-0.3, -0.25) is 0 Å². The monoisotopic (exact) mass is 302 g/mol. The number of methoxy groups -OCH3 is 1. The van der Waals surface area contributed by atoms with Gasteiger partial charge in [0.2, 0.25) is 0 Å². The molecule has 0 radical (unpaired) electrons. The number of benzene rings is 1. The topological polar surface area (TPSA) is 77.5 Å². The van der Waals surface area contributed by atoms with E-state index in [1.54, 1.807) is 30.3 Å². The Morgan fingerprint density at radius 3 is 2.37 bits per heavy atom. The van der Waals surface area contributed by atoms with E-state index in [1.165, 1.54) is 7.11 Å². The summed E-state index contributed by atoms with van der Waals surface area (Å²) in [4.78, 5) is -0.138. The molecule has 1 atom stereocenters. The van der Waals surface area contributed by atoms with E-state index in [4.69, 9.17) is 4.74 Å². The molecule has 0 aliphatic carbocycles. The highest BCUT2D eigenvalue weighted by Crippen LogP contribution is 2.30. The van der Waals surface area contributed by atoms with Gasteiger partial charge in [0.1, 0.15) is 5.25 Å². The van der Waals surface area contributed by atoms with E-state index in [9.17, 15) is 16.8 Å². The van der Waals surface area contributed by atoms with Crippen LogP contribution in [0.5, 0.6) is 0 Å². The molecule has 7 heteroatoms. The minimum absolute atomic E-state index is 0.125. The van der Waals surface area contributed by atoms with Crippen LogP contribution in [0.25, 0.3) is 4.91 Å². The molecule has 0 N–H and O–H groups in total. The van der Waals surface area contributed by atoms with Crippen LogP contribution in [0.2, 0.25) is 0 Å². The highest BCUT2D eigenvalue weighted by molar-refractivity contribution is 8.05. The summed E-state index contributed by atoms with van der Waals surface area (Å²) in [5, 5.41) is -0.180. The van der Waals surface area contributed by atoms with Gasteiger partial charge in [0, 0.05) is 7.11 Å². The summed E-state index contributed by atoms with van der Waals surface area (Å²) in [7, 11) is -5.89. The normalized spacial score (nSPS) is 24.7. The van der Waals surface area contributed by atoms with Crippen molar-refractivity contribution in [3.63, 3.8) is 0 Å². The summed E-state index contributed by atoms with van der Waals surface area (Å²) in [6.45, 7) is -0.125. The Morgan fingerprint density at radius 2 is 1.79 bits per heavy atom. The van der Waals surface area contributed by atoms with Gasteiger partial charge in [-0.1, -0.05) is 30.3 Å². The summed E-state index contributed by atoms with van der Waals surface area (Å²) in [5.74, 6) is -0.441. The van der Waals surface area contributed by atoms with E-state index in [-0.39, 0.29) is 11.5 Å². The van der Waals surface area contributed by atoms with Crippen molar-refractivity contribution >= 4 is 24.6 Å². The SMILES string of the molecule is COCC1CS(=O)(=O)C(c2ccccc2)=CS1(=O)=O. The molecule has 1 heterocycles. The molecule has 0 saturated heterocycles. The van der Waals surface area contributed by atoms with Gasteiger partial charge in [-0.2, -0.15) is 0 Å². The number of rotatable bonds is 3. The Balaban J connectivity index is 2.56. The molecule has 0 aromatic heterocycles. The Labute approximate surface area is 112 Å². The van der Waals surface area contributed by atoms with Crippen LogP contribution in [0.15, 0.2) is 35.7 Å². The van der Waals surface area contributed by atoms with Gasteiger partial charge in [-0.15, -0.1) is 0 Å². The maximum Gasteiger partial charge on any atom is 0.181 e. The predicted octanol–water partition coefficient (Wildman–Crippen LogP) is 0.843. The van der Waals surface area contributed by atoms with Crippen LogP contribution in [0.1, 0.15) is 5.56 Å². The average Bonchev–Trinajstić information content (AvgIpc) is 2.35. The van der Waals surface area contributed by atoms with Crippen molar-refractivity contribution in [3.8, 4) is 0 Å². The lowest BCUT2D eigenvalue weighted by molar-refractivity contribution is 0.201. The number of hydrogen-bond donors (Lipinski definition) is 0. The summed E-state index contributed by atoms with van der Waals surface area (Å²) in [6.07, 6.45) is 0. The molecule has 0 fully saturated rings. The zero-order valence-corrected chi connectivity index (χ0v) is 11.9. The fraction of sp³-hybridized carbons (Fsp3) is 0.333. The number of sulfone groups is 2. The average molecular weight is 302 g/mol. The minimum atomic E-state index is -3.62. The van der Waals surface area contributed by atoms with E-state index in [0.717, 1.165) is 5.41 Å². The third-order valence-corrected chi connectivity index (χ3v) is 6.91. The predicted molar refractivity (Wildman–Crippen MR) is 72.8 cm³/mol. The molecule has 0 bridgehead atoms. The van der Waals surface area contributed by atoms with Crippen LogP contribution in [0, 0.1) is 0 Å². The van der Waals surface area contributed by atoms with Gasteiger partial charge >= 0.3 is 0 Å². The van der Waals surface area contributed by atoms with E-state index in [1.807, 2.05) is 0 Å². The van der Waals surface area contributed by atoms with Gasteiger partial charge in [0.05, 0.1) is 22.7 Å². The van der Waals surface area contributed by atoms with E-state index < -0.39 is 30.7 Å². The van der Waals surface area contributed by atoms with Gasteiger partial charge in [0.15, 0.2) is 19.7 Å². The molecule has 0 amide bonds. The highest BCUT2D eigenvalue weighted by Gasteiger charge is 2.38. The lowest BCUT2D eigenvalue weighted by atomic mass is 10.2. The maximum atomic E-state index is 12.2. The van der Waals surface area contributed by atoms with E-state index in [0.29, 0.717) is 5.56 Å². The smallest absolute Gasteiger partial charge is 0.181 e. The Bertz CT molecular complexity index is 687. The van der Waals surface area contributed by atoms with Crippen molar-refractivity contribution in [2.75, 3.05) is 19.5 Å². The van der Waals surface area contributed by atoms with Gasteiger partial charge < -0.3 is 4.74 Å². The van der Waals surface area contributed by atoms with E-state index >= 15 is 0 Å². The first-order valence-corrected chi connectivity index (χ1v) is 8.86. The molecular formula is C12H14O5S2. The molecule has 1 aromatic carbocycles. The molecule has 1 aliphatic rings. The molecule has 104 valence electrons. The third-order valence-electron chi connectivity index (χ3n) is 2.89. The standard InChI is InChI=1S/C12H14O5S2/c1-17-7-11-8-19(15,16)12(9-18(11,13)14)10-5-3-2-4-6-10/h2-6,9,11H,7-8H2,1H3. The second-order valence-corrected chi connectivity index (χ2v) is 8.38. The minimum Gasteiger partial charge on any atom is -0.383 e. The molecule has 19 heavy (non-hydrogen) atoms. The lowest BCUT2D eigenvalue weighted by Crippen LogP contribution is -2.36. The second-order valence-electron chi connectivity index (χ2n) is 4.30. The van der Waals surface area contributed by atoms with Crippen molar-refractivity contribution in [2.45, 2.75) is 5.25 Å². The summed E-state index contributed by atoms with van der Waals surface area (Å²) in [5.41, 5.74) is 0.391.